The Balaban J connectivity index is 2.66. The van der Waals surface area contributed by atoms with Crippen molar-refractivity contribution in [3.8, 4) is 0 Å². The van der Waals surface area contributed by atoms with Gasteiger partial charge in [0, 0.05) is 12.6 Å². The van der Waals surface area contributed by atoms with Crippen molar-refractivity contribution >= 4 is 6.21 Å². The van der Waals surface area contributed by atoms with E-state index in [0.29, 0.717) is 0 Å². The maximum absolute atomic E-state index is 3.74. The molecule has 0 aromatic heterocycles. The quantitative estimate of drug-likeness (QED) is 0.427. The predicted octanol–water partition coefficient (Wildman–Crippen LogP) is 1.33. The predicted molar refractivity (Wildman–Crippen MR) is 30.1 cm³/mol. The van der Waals surface area contributed by atoms with Gasteiger partial charge in [-0.1, -0.05) is 6.58 Å². The van der Waals surface area contributed by atoms with Crippen molar-refractivity contribution in [3.63, 3.8) is 0 Å². The molecule has 0 aromatic rings. The molecular weight excluding hydrogens is 86.1 g/mol. The van der Waals surface area contributed by atoms with Crippen LogP contribution in [0.3, 0.4) is 0 Å². The summed E-state index contributed by atoms with van der Waals surface area (Å²) in [5, 5.41) is 0. The van der Waals surface area contributed by atoms with Gasteiger partial charge < -0.3 is 0 Å². The maximum atomic E-state index is 3.74. The second-order valence-corrected chi connectivity index (χ2v) is 1.45. The highest BCUT2D eigenvalue weighted by molar-refractivity contribution is 5.64. The number of hydrogen-bond acceptors (Lipinski definition) is 1. The van der Waals surface area contributed by atoms with E-state index in [1.807, 2.05) is 0 Å². The van der Waals surface area contributed by atoms with Gasteiger partial charge in [-0.2, -0.15) is 0 Å². The van der Waals surface area contributed by atoms with Gasteiger partial charge in [0.2, 0.25) is 0 Å². The first-order valence-electron chi connectivity index (χ1n) is 2.17. The van der Waals surface area contributed by atoms with E-state index in [-0.39, 0.29) is 0 Å². The largest absolute Gasteiger partial charge is 0.259 e. The molecule has 1 rings (SSSR count). The van der Waals surface area contributed by atoms with Crippen LogP contribution in [0.25, 0.3) is 0 Å². The summed E-state index contributed by atoms with van der Waals surface area (Å²) in [6.07, 6.45) is 7.15. The van der Waals surface area contributed by atoms with E-state index in [2.05, 4.69) is 17.8 Å². The normalized spacial score (nSPS) is 18.0. The Morgan fingerprint density at radius 2 is 2.71 bits per heavy atom. The number of aliphatic imine (C=N–C) groups is 1. The molecule has 7 heavy (non-hydrogen) atoms. The first-order valence-corrected chi connectivity index (χ1v) is 2.17. The van der Waals surface area contributed by atoms with Crippen LogP contribution < -0.4 is 0 Å². The van der Waals surface area contributed by atoms with E-state index in [0.717, 1.165) is 12.0 Å². The Labute approximate surface area is 43.1 Å². The highest BCUT2D eigenvalue weighted by Crippen LogP contribution is 2.00. The molecule has 1 aliphatic rings. The molecule has 1 radical (unpaired) electrons. The molecule has 0 amide bonds. The van der Waals surface area contributed by atoms with E-state index in [1.54, 1.807) is 12.3 Å². The molecule has 0 aliphatic carbocycles. The van der Waals surface area contributed by atoms with Gasteiger partial charge in [-0.25, -0.2) is 0 Å². The lowest BCUT2D eigenvalue weighted by Gasteiger charge is -1.93. The molecule has 35 valence electrons. The molecule has 0 spiro atoms. The zero-order chi connectivity index (χ0) is 5.11. The summed E-state index contributed by atoms with van der Waals surface area (Å²) in [6.45, 7) is 3.70. The number of hydrogen-bond donors (Lipinski definition) is 0. The average molecular weight is 92.1 g/mol. The fourth-order valence-corrected chi connectivity index (χ4v) is 0.403. The lowest BCUT2D eigenvalue weighted by Crippen LogP contribution is -1.81. The standard InChI is InChI=1S/C6H6N/c1-6-2-4-7-5-3-6/h2,5H,1,3H2. The summed E-state index contributed by atoms with van der Waals surface area (Å²) in [4.78, 5) is 3.74. The van der Waals surface area contributed by atoms with Gasteiger partial charge in [0.1, 0.15) is 0 Å². The van der Waals surface area contributed by atoms with Crippen molar-refractivity contribution in [1.82, 2.24) is 0 Å². The fourth-order valence-electron chi connectivity index (χ4n) is 0.403. The van der Waals surface area contributed by atoms with Crippen molar-refractivity contribution in [2.45, 2.75) is 6.42 Å². The first-order chi connectivity index (χ1) is 3.39. The Morgan fingerprint density at radius 1 is 1.86 bits per heavy atom. The number of allylic oxidation sites excluding steroid dienone is 2. The molecule has 0 fully saturated rings. The summed E-state index contributed by atoms with van der Waals surface area (Å²) in [5.41, 5.74) is 1.08. The van der Waals surface area contributed by atoms with E-state index in [9.17, 15) is 0 Å². The van der Waals surface area contributed by atoms with Gasteiger partial charge in [0.25, 0.3) is 0 Å². The Morgan fingerprint density at radius 3 is 3.00 bits per heavy atom. The summed E-state index contributed by atoms with van der Waals surface area (Å²) in [7, 11) is 0. The molecule has 1 nitrogen and oxygen atoms in total. The summed E-state index contributed by atoms with van der Waals surface area (Å²) < 4.78 is 0. The smallest absolute Gasteiger partial charge is 0.0884 e. The van der Waals surface area contributed by atoms with Crippen LogP contribution in [0.1, 0.15) is 6.42 Å². The monoisotopic (exact) mass is 92.1 g/mol. The fraction of sp³-hybridized carbons (Fsp3) is 0.167. The molecule has 1 heteroatoms. The van der Waals surface area contributed by atoms with Gasteiger partial charge in [0.05, 0.1) is 6.20 Å². The van der Waals surface area contributed by atoms with Crippen LogP contribution in [-0.2, 0) is 0 Å². The third kappa shape index (κ3) is 1.000. The molecule has 0 unspecified atom stereocenters. The van der Waals surface area contributed by atoms with Crippen LogP contribution in [0.15, 0.2) is 23.2 Å². The van der Waals surface area contributed by atoms with E-state index in [1.165, 1.54) is 0 Å². The first kappa shape index (κ1) is 4.31. The van der Waals surface area contributed by atoms with Crippen molar-refractivity contribution in [2.75, 3.05) is 0 Å². The van der Waals surface area contributed by atoms with Crippen molar-refractivity contribution in [1.29, 1.82) is 0 Å². The van der Waals surface area contributed by atoms with Crippen molar-refractivity contribution in [3.05, 3.63) is 24.4 Å². The van der Waals surface area contributed by atoms with Gasteiger partial charge in [-0.3, -0.25) is 4.99 Å². The molecular formula is C6H6N. The highest BCUT2D eigenvalue weighted by atomic mass is 14.7. The maximum Gasteiger partial charge on any atom is 0.0884 e. The minimum atomic E-state index is 0.882. The zero-order valence-electron chi connectivity index (χ0n) is 4.02. The van der Waals surface area contributed by atoms with Crippen molar-refractivity contribution in [2.24, 2.45) is 4.99 Å². The minimum absolute atomic E-state index is 0.882. The highest BCUT2D eigenvalue weighted by Gasteiger charge is 1.86. The Kier molecular flexibility index (Phi) is 1.07. The molecule has 0 N–H and O–H groups in total. The molecule has 0 saturated carbocycles. The second-order valence-electron chi connectivity index (χ2n) is 1.45. The lowest BCUT2D eigenvalue weighted by atomic mass is 10.2. The molecule has 1 aliphatic heterocycles. The van der Waals surface area contributed by atoms with Crippen LogP contribution in [0.2, 0.25) is 0 Å². The van der Waals surface area contributed by atoms with Gasteiger partial charge in [-0.05, 0) is 11.6 Å². The molecule has 0 saturated heterocycles. The van der Waals surface area contributed by atoms with Crippen LogP contribution in [0.5, 0.6) is 0 Å². The van der Waals surface area contributed by atoms with Crippen molar-refractivity contribution < 1.29 is 0 Å². The number of nitrogens with zero attached hydrogens (tertiary/aromatic N) is 1. The summed E-state index contributed by atoms with van der Waals surface area (Å²) in [5.74, 6) is 0. The van der Waals surface area contributed by atoms with E-state index < -0.39 is 0 Å². The van der Waals surface area contributed by atoms with Crippen LogP contribution in [-0.4, -0.2) is 6.21 Å². The summed E-state index contributed by atoms with van der Waals surface area (Å²) >= 11 is 0. The lowest BCUT2D eigenvalue weighted by molar-refractivity contribution is 1.30. The van der Waals surface area contributed by atoms with Crippen LogP contribution in [0.4, 0.5) is 0 Å². The third-order valence-electron chi connectivity index (χ3n) is 0.788. The molecule has 1 heterocycles. The Bertz CT molecular complexity index is 131. The van der Waals surface area contributed by atoms with E-state index >= 15 is 0 Å². The van der Waals surface area contributed by atoms with Gasteiger partial charge in [-0.15, -0.1) is 0 Å². The molecule has 0 atom stereocenters. The van der Waals surface area contributed by atoms with Crippen LogP contribution in [0, 0.1) is 6.20 Å². The second kappa shape index (κ2) is 1.73. The Hall–Kier alpha value is -0.850. The minimum Gasteiger partial charge on any atom is -0.259 e. The molecule has 0 bridgehead atoms. The molecule has 0 aromatic carbocycles. The van der Waals surface area contributed by atoms with Gasteiger partial charge >= 0.3 is 0 Å². The SMILES string of the molecule is C=C1C=[C]N=CC1. The average Bonchev–Trinajstić information content (AvgIpc) is 1.69. The van der Waals surface area contributed by atoms with Crippen LogP contribution >= 0.6 is 0 Å². The number of rotatable bonds is 0. The third-order valence-corrected chi connectivity index (χ3v) is 0.788. The topological polar surface area (TPSA) is 12.4 Å². The summed E-state index contributed by atoms with van der Waals surface area (Å²) in [6, 6.07) is 0. The van der Waals surface area contributed by atoms with E-state index in [4.69, 9.17) is 0 Å². The zero-order valence-corrected chi connectivity index (χ0v) is 4.02. The van der Waals surface area contributed by atoms with Gasteiger partial charge in [0.15, 0.2) is 0 Å².